The van der Waals surface area contributed by atoms with Gasteiger partial charge in [-0.1, -0.05) is 13.8 Å². The first-order valence-electron chi connectivity index (χ1n) is 11.3. The van der Waals surface area contributed by atoms with Crippen LogP contribution in [0.1, 0.15) is 69.2 Å². The summed E-state index contributed by atoms with van der Waals surface area (Å²) in [6.07, 6.45) is -0.179. The van der Waals surface area contributed by atoms with Gasteiger partial charge in [0.1, 0.15) is 5.75 Å². The second-order valence-corrected chi connectivity index (χ2v) is 11.1. The smallest absolute Gasteiger partial charge is 0.255 e. The number of anilines is 1. The fourth-order valence-electron chi connectivity index (χ4n) is 3.22. The Morgan fingerprint density at radius 1 is 0.941 bits per heavy atom. The van der Waals surface area contributed by atoms with Crippen LogP contribution in [0, 0.1) is 0 Å². The standard InChI is InChI=1S/C25H35N3O5S/c1-8-28(9-2)34(31,32)20-14-15-22(33-17(3)4)21(16-20)26-23(29)18-10-12-19(13-11-18)24(30)27-25(5,6)7/h10-17H,8-9H2,1-7H3,(H,26,29)(H,27,30). The summed E-state index contributed by atoms with van der Waals surface area (Å²) in [7, 11) is -3.72. The number of ether oxygens (including phenoxy) is 1. The Morgan fingerprint density at radius 2 is 1.47 bits per heavy atom. The predicted octanol–water partition coefficient (Wildman–Crippen LogP) is 4.28. The number of hydrogen-bond acceptors (Lipinski definition) is 5. The molecule has 2 amide bonds. The van der Waals surface area contributed by atoms with Crippen molar-refractivity contribution in [3.05, 3.63) is 53.6 Å². The van der Waals surface area contributed by atoms with Crippen LogP contribution in [0.2, 0.25) is 0 Å². The SMILES string of the molecule is CCN(CC)S(=O)(=O)c1ccc(OC(C)C)c(NC(=O)c2ccc(C(=O)NC(C)(C)C)cc2)c1. The molecule has 0 saturated carbocycles. The van der Waals surface area contributed by atoms with Crippen molar-refractivity contribution in [1.82, 2.24) is 9.62 Å². The van der Waals surface area contributed by atoms with Crippen molar-refractivity contribution in [3.63, 3.8) is 0 Å². The zero-order chi connectivity index (χ0) is 25.7. The average molecular weight is 490 g/mol. The summed E-state index contributed by atoms with van der Waals surface area (Å²) in [6, 6.07) is 10.7. The lowest BCUT2D eigenvalue weighted by Crippen LogP contribution is -2.40. The summed E-state index contributed by atoms with van der Waals surface area (Å²) in [5.74, 6) is -0.321. The molecule has 0 aromatic heterocycles. The van der Waals surface area contributed by atoms with E-state index in [1.807, 2.05) is 34.6 Å². The lowest BCUT2D eigenvalue weighted by atomic mass is 10.1. The van der Waals surface area contributed by atoms with E-state index >= 15 is 0 Å². The first kappa shape index (κ1) is 27.3. The summed E-state index contributed by atoms with van der Waals surface area (Å²) in [5.41, 5.74) is 0.625. The molecule has 9 heteroatoms. The number of nitrogens with zero attached hydrogens (tertiary/aromatic N) is 1. The fourth-order valence-corrected chi connectivity index (χ4v) is 4.70. The monoisotopic (exact) mass is 489 g/mol. The van der Waals surface area contributed by atoms with Crippen LogP contribution in [-0.4, -0.2) is 49.3 Å². The van der Waals surface area contributed by atoms with Gasteiger partial charge in [-0.15, -0.1) is 0 Å². The number of carbonyl (C=O) groups excluding carboxylic acids is 2. The minimum atomic E-state index is -3.72. The topological polar surface area (TPSA) is 105 Å². The van der Waals surface area contributed by atoms with Crippen LogP contribution in [0.15, 0.2) is 47.4 Å². The Balaban J connectivity index is 2.35. The van der Waals surface area contributed by atoms with Gasteiger partial charge in [-0.2, -0.15) is 4.31 Å². The van der Waals surface area contributed by atoms with Gasteiger partial charge in [0, 0.05) is 29.8 Å². The molecule has 2 rings (SSSR count). The molecule has 0 atom stereocenters. The van der Waals surface area contributed by atoms with Crippen molar-refractivity contribution >= 4 is 27.5 Å². The first-order valence-corrected chi connectivity index (χ1v) is 12.8. The molecule has 0 radical (unpaired) electrons. The fraction of sp³-hybridized carbons (Fsp3) is 0.440. The van der Waals surface area contributed by atoms with Crippen LogP contribution in [-0.2, 0) is 10.0 Å². The Bertz CT molecular complexity index is 1120. The van der Waals surface area contributed by atoms with E-state index in [9.17, 15) is 18.0 Å². The molecule has 0 fully saturated rings. The van der Waals surface area contributed by atoms with Crippen molar-refractivity contribution in [2.24, 2.45) is 0 Å². The number of hydrogen-bond donors (Lipinski definition) is 2. The Labute approximate surface area is 202 Å². The molecule has 0 heterocycles. The third kappa shape index (κ3) is 7.04. The quantitative estimate of drug-likeness (QED) is 0.547. The highest BCUT2D eigenvalue weighted by atomic mass is 32.2. The second kappa shape index (κ2) is 11.0. The molecule has 0 unspecified atom stereocenters. The molecule has 34 heavy (non-hydrogen) atoms. The largest absolute Gasteiger partial charge is 0.489 e. The molecule has 0 spiro atoms. The van der Waals surface area contributed by atoms with Crippen molar-refractivity contribution in [2.75, 3.05) is 18.4 Å². The summed E-state index contributed by atoms with van der Waals surface area (Å²) in [5, 5.41) is 5.63. The minimum absolute atomic E-state index is 0.0665. The molecule has 0 saturated heterocycles. The molecule has 0 bridgehead atoms. The molecular formula is C25H35N3O5S. The molecule has 8 nitrogen and oxygen atoms in total. The van der Waals surface area contributed by atoms with Crippen LogP contribution in [0.25, 0.3) is 0 Å². The van der Waals surface area contributed by atoms with E-state index in [4.69, 9.17) is 4.74 Å². The highest BCUT2D eigenvalue weighted by Crippen LogP contribution is 2.30. The number of rotatable bonds is 9. The van der Waals surface area contributed by atoms with E-state index in [0.29, 0.717) is 30.0 Å². The van der Waals surface area contributed by atoms with Crippen LogP contribution in [0.4, 0.5) is 5.69 Å². The van der Waals surface area contributed by atoms with Crippen LogP contribution >= 0.6 is 0 Å². The zero-order valence-electron chi connectivity index (χ0n) is 20.9. The van der Waals surface area contributed by atoms with E-state index in [0.717, 1.165) is 0 Å². The Kier molecular flexibility index (Phi) is 8.85. The molecule has 0 aliphatic carbocycles. The number of sulfonamides is 1. The van der Waals surface area contributed by atoms with Gasteiger partial charge in [-0.05, 0) is 77.1 Å². The van der Waals surface area contributed by atoms with E-state index in [2.05, 4.69) is 10.6 Å². The third-order valence-corrected chi connectivity index (χ3v) is 6.85. The highest BCUT2D eigenvalue weighted by molar-refractivity contribution is 7.89. The molecule has 0 aliphatic heterocycles. The Morgan fingerprint density at radius 3 is 1.94 bits per heavy atom. The van der Waals surface area contributed by atoms with Crippen molar-refractivity contribution < 1.29 is 22.7 Å². The van der Waals surface area contributed by atoms with Crippen LogP contribution in [0.3, 0.4) is 0 Å². The maximum atomic E-state index is 13.0. The molecule has 2 aromatic rings. The van der Waals surface area contributed by atoms with E-state index in [-0.39, 0.29) is 28.1 Å². The number of carbonyl (C=O) groups is 2. The van der Waals surface area contributed by atoms with Crippen LogP contribution < -0.4 is 15.4 Å². The van der Waals surface area contributed by atoms with Crippen molar-refractivity contribution in [3.8, 4) is 5.75 Å². The van der Waals surface area contributed by atoms with Gasteiger partial charge in [-0.3, -0.25) is 9.59 Å². The third-order valence-electron chi connectivity index (χ3n) is 4.80. The van der Waals surface area contributed by atoms with Crippen LogP contribution in [0.5, 0.6) is 5.75 Å². The van der Waals surface area contributed by atoms with Crippen molar-refractivity contribution in [2.45, 2.75) is 65.0 Å². The minimum Gasteiger partial charge on any atom is -0.489 e. The number of amides is 2. The zero-order valence-corrected chi connectivity index (χ0v) is 21.7. The highest BCUT2D eigenvalue weighted by Gasteiger charge is 2.24. The van der Waals surface area contributed by atoms with Gasteiger partial charge >= 0.3 is 0 Å². The summed E-state index contributed by atoms with van der Waals surface area (Å²) in [6.45, 7) is 13.5. The first-order chi connectivity index (χ1) is 15.8. The van der Waals surface area contributed by atoms with Gasteiger partial charge in [0.2, 0.25) is 10.0 Å². The molecule has 2 aromatic carbocycles. The van der Waals surface area contributed by atoms with Gasteiger partial charge < -0.3 is 15.4 Å². The molecular weight excluding hydrogens is 454 g/mol. The van der Waals surface area contributed by atoms with Crippen molar-refractivity contribution in [1.29, 1.82) is 0 Å². The van der Waals surface area contributed by atoms with Gasteiger partial charge in [-0.25, -0.2) is 8.42 Å². The predicted molar refractivity (Wildman–Crippen MR) is 134 cm³/mol. The van der Waals surface area contributed by atoms with Gasteiger partial charge in [0.05, 0.1) is 16.7 Å². The normalized spacial score (nSPS) is 12.0. The van der Waals surface area contributed by atoms with E-state index in [1.165, 1.54) is 16.4 Å². The average Bonchev–Trinajstić information content (AvgIpc) is 2.74. The van der Waals surface area contributed by atoms with Gasteiger partial charge in [0.15, 0.2) is 0 Å². The maximum Gasteiger partial charge on any atom is 0.255 e. The summed E-state index contributed by atoms with van der Waals surface area (Å²) < 4.78 is 33.1. The summed E-state index contributed by atoms with van der Waals surface area (Å²) in [4.78, 5) is 25.3. The Hall–Kier alpha value is -2.91. The lowest BCUT2D eigenvalue weighted by molar-refractivity contribution is 0.0918. The second-order valence-electron chi connectivity index (χ2n) is 9.15. The van der Waals surface area contributed by atoms with E-state index < -0.39 is 15.9 Å². The molecule has 0 aliphatic rings. The molecule has 2 N–H and O–H groups in total. The van der Waals surface area contributed by atoms with E-state index in [1.54, 1.807) is 44.2 Å². The lowest BCUT2D eigenvalue weighted by Gasteiger charge is -2.21. The molecule has 186 valence electrons. The number of benzene rings is 2. The maximum absolute atomic E-state index is 13.0. The van der Waals surface area contributed by atoms with Gasteiger partial charge in [0.25, 0.3) is 11.8 Å². The number of nitrogens with one attached hydrogen (secondary N) is 2. The summed E-state index contributed by atoms with van der Waals surface area (Å²) >= 11 is 0.